The molecule has 2 aliphatic rings. The molecule has 0 radical (unpaired) electrons. The van der Waals surface area contributed by atoms with E-state index in [4.69, 9.17) is 4.74 Å². The van der Waals surface area contributed by atoms with Crippen LogP contribution in [0.4, 0.5) is 0 Å². The number of rotatable bonds is 5. The van der Waals surface area contributed by atoms with Crippen molar-refractivity contribution in [3.8, 4) is 0 Å². The van der Waals surface area contributed by atoms with Gasteiger partial charge in [-0.05, 0) is 49.9 Å². The van der Waals surface area contributed by atoms with Crippen LogP contribution in [-0.2, 0) is 11.3 Å². The lowest BCUT2D eigenvalue weighted by Crippen LogP contribution is -2.44. The van der Waals surface area contributed by atoms with E-state index in [1.807, 2.05) is 30.5 Å². The highest BCUT2D eigenvalue weighted by molar-refractivity contribution is 7.14. The van der Waals surface area contributed by atoms with Crippen molar-refractivity contribution in [2.24, 2.45) is 0 Å². The van der Waals surface area contributed by atoms with Crippen molar-refractivity contribution < 1.29 is 9.53 Å². The lowest BCUT2D eigenvalue weighted by molar-refractivity contribution is 0.0912. The third-order valence-corrected chi connectivity index (χ3v) is 6.31. The number of nitrogens with zero attached hydrogens (tertiary/aromatic N) is 2. The summed E-state index contributed by atoms with van der Waals surface area (Å²) >= 11 is 1.57. The minimum atomic E-state index is 0.0578. The molecule has 0 spiro atoms. The molecule has 2 aliphatic heterocycles. The Morgan fingerprint density at radius 2 is 2.12 bits per heavy atom. The van der Waals surface area contributed by atoms with Gasteiger partial charge in [0.05, 0.1) is 16.7 Å². The third-order valence-electron chi connectivity index (χ3n) is 5.13. The third kappa shape index (κ3) is 4.31. The van der Waals surface area contributed by atoms with Crippen molar-refractivity contribution in [1.29, 1.82) is 0 Å². The standard InChI is InChI=1S/C20H25N3O2S/c24-20(19-7-6-18(26-19)17-5-3-13-25-17)22-15-8-11-23(12-9-15)14-16-4-1-2-10-21-16/h1-2,4,6-7,10,15,17H,3,5,8-9,11-14H2,(H,22,24). The van der Waals surface area contributed by atoms with E-state index in [0.29, 0.717) is 0 Å². The average molecular weight is 372 g/mol. The van der Waals surface area contributed by atoms with Crippen LogP contribution in [0.1, 0.15) is 52.0 Å². The number of nitrogens with one attached hydrogen (secondary N) is 1. The van der Waals surface area contributed by atoms with Crippen LogP contribution in [0.2, 0.25) is 0 Å². The van der Waals surface area contributed by atoms with Gasteiger partial charge in [-0.25, -0.2) is 0 Å². The summed E-state index contributed by atoms with van der Waals surface area (Å²) in [4.78, 5) is 21.3. The lowest BCUT2D eigenvalue weighted by atomic mass is 10.0. The number of carbonyl (C=O) groups excluding carboxylic acids is 1. The summed E-state index contributed by atoms with van der Waals surface area (Å²) in [6.07, 6.45) is 6.19. The molecular formula is C20H25N3O2S. The Labute approximate surface area is 158 Å². The van der Waals surface area contributed by atoms with E-state index in [-0.39, 0.29) is 18.1 Å². The molecule has 2 aromatic heterocycles. The van der Waals surface area contributed by atoms with Gasteiger partial charge in [0.1, 0.15) is 0 Å². The van der Waals surface area contributed by atoms with Gasteiger partial charge in [-0.2, -0.15) is 0 Å². The van der Waals surface area contributed by atoms with Crippen LogP contribution in [0.15, 0.2) is 36.5 Å². The fraction of sp³-hybridized carbons (Fsp3) is 0.500. The molecule has 1 atom stereocenters. The second kappa shape index (κ2) is 8.29. The van der Waals surface area contributed by atoms with E-state index >= 15 is 0 Å². The fourth-order valence-corrected chi connectivity index (χ4v) is 4.66. The number of hydrogen-bond donors (Lipinski definition) is 1. The number of piperidine rings is 1. The molecular weight excluding hydrogens is 346 g/mol. The molecule has 138 valence electrons. The predicted molar refractivity (Wildman–Crippen MR) is 102 cm³/mol. The zero-order chi connectivity index (χ0) is 17.8. The quantitative estimate of drug-likeness (QED) is 0.875. The number of likely N-dealkylation sites (tertiary alicyclic amines) is 1. The first-order valence-electron chi connectivity index (χ1n) is 9.42. The summed E-state index contributed by atoms with van der Waals surface area (Å²) in [7, 11) is 0. The highest BCUT2D eigenvalue weighted by atomic mass is 32.1. The van der Waals surface area contributed by atoms with E-state index < -0.39 is 0 Å². The fourth-order valence-electron chi connectivity index (χ4n) is 3.66. The van der Waals surface area contributed by atoms with Crippen LogP contribution in [0, 0.1) is 0 Å². The van der Waals surface area contributed by atoms with E-state index in [1.54, 1.807) is 11.3 Å². The molecule has 26 heavy (non-hydrogen) atoms. The van der Waals surface area contributed by atoms with Crippen molar-refractivity contribution in [2.45, 2.75) is 44.4 Å². The molecule has 5 nitrogen and oxygen atoms in total. The van der Waals surface area contributed by atoms with Gasteiger partial charge in [0.2, 0.25) is 0 Å². The average Bonchev–Trinajstić information content (AvgIpc) is 3.36. The first-order chi connectivity index (χ1) is 12.8. The first-order valence-corrected chi connectivity index (χ1v) is 10.2. The maximum atomic E-state index is 12.5. The number of hydrogen-bond acceptors (Lipinski definition) is 5. The Hall–Kier alpha value is -1.76. The number of ether oxygens (including phenoxy) is 1. The molecule has 1 N–H and O–H groups in total. The van der Waals surface area contributed by atoms with Gasteiger partial charge in [0.25, 0.3) is 5.91 Å². The second-order valence-corrected chi connectivity index (χ2v) is 8.16. The summed E-state index contributed by atoms with van der Waals surface area (Å²) in [5, 5.41) is 3.21. The summed E-state index contributed by atoms with van der Waals surface area (Å²) in [5.41, 5.74) is 1.11. The Bertz CT molecular complexity index is 720. The Kier molecular flexibility index (Phi) is 5.62. The van der Waals surface area contributed by atoms with Crippen molar-refractivity contribution in [3.63, 3.8) is 0 Å². The Morgan fingerprint density at radius 3 is 2.85 bits per heavy atom. The number of amides is 1. The Balaban J connectivity index is 1.25. The minimum absolute atomic E-state index is 0.0578. The molecule has 1 amide bonds. The van der Waals surface area contributed by atoms with Gasteiger partial charge in [0.15, 0.2) is 0 Å². The van der Waals surface area contributed by atoms with E-state index in [0.717, 1.165) is 62.5 Å². The highest BCUT2D eigenvalue weighted by Crippen LogP contribution is 2.33. The van der Waals surface area contributed by atoms with Gasteiger partial charge < -0.3 is 10.1 Å². The Morgan fingerprint density at radius 1 is 1.23 bits per heavy atom. The molecule has 0 bridgehead atoms. The monoisotopic (exact) mass is 371 g/mol. The maximum absolute atomic E-state index is 12.5. The molecule has 6 heteroatoms. The highest BCUT2D eigenvalue weighted by Gasteiger charge is 2.24. The maximum Gasteiger partial charge on any atom is 0.261 e. The van der Waals surface area contributed by atoms with Gasteiger partial charge in [-0.1, -0.05) is 6.07 Å². The molecule has 2 aromatic rings. The molecule has 2 fully saturated rings. The largest absolute Gasteiger partial charge is 0.373 e. The number of aromatic nitrogens is 1. The van der Waals surface area contributed by atoms with Gasteiger partial charge in [-0.3, -0.25) is 14.7 Å². The summed E-state index contributed by atoms with van der Waals surface area (Å²) < 4.78 is 5.71. The molecule has 0 aromatic carbocycles. The van der Waals surface area contributed by atoms with Gasteiger partial charge in [0, 0.05) is 43.4 Å². The van der Waals surface area contributed by atoms with Crippen molar-refractivity contribution in [1.82, 2.24) is 15.2 Å². The van der Waals surface area contributed by atoms with E-state index in [1.165, 1.54) is 4.88 Å². The topological polar surface area (TPSA) is 54.5 Å². The molecule has 4 rings (SSSR count). The van der Waals surface area contributed by atoms with Crippen molar-refractivity contribution >= 4 is 17.2 Å². The van der Waals surface area contributed by atoms with Crippen LogP contribution in [0.25, 0.3) is 0 Å². The zero-order valence-corrected chi connectivity index (χ0v) is 15.7. The van der Waals surface area contributed by atoms with Gasteiger partial charge >= 0.3 is 0 Å². The molecule has 1 unspecified atom stereocenters. The van der Waals surface area contributed by atoms with Crippen LogP contribution >= 0.6 is 11.3 Å². The number of thiophene rings is 1. The van der Waals surface area contributed by atoms with E-state index in [9.17, 15) is 4.79 Å². The molecule has 2 saturated heterocycles. The SMILES string of the molecule is O=C(NC1CCN(Cc2ccccn2)CC1)c1ccc(C2CCCO2)s1. The lowest BCUT2D eigenvalue weighted by Gasteiger charge is -2.32. The van der Waals surface area contributed by atoms with Crippen LogP contribution in [0.5, 0.6) is 0 Å². The van der Waals surface area contributed by atoms with Crippen molar-refractivity contribution in [2.75, 3.05) is 19.7 Å². The second-order valence-electron chi connectivity index (χ2n) is 7.05. The molecule has 0 saturated carbocycles. The van der Waals surface area contributed by atoms with Gasteiger partial charge in [-0.15, -0.1) is 11.3 Å². The summed E-state index contributed by atoms with van der Waals surface area (Å²) in [6, 6.07) is 10.3. The number of pyridine rings is 1. The smallest absolute Gasteiger partial charge is 0.261 e. The van der Waals surface area contributed by atoms with Crippen LogP contribution in [0.3, 0.4) is 0 Å². The number of carbonyl (C=O) groups is 1. The van der Waals surface area contributed by atoms with E-state index in [2.05, 4.69) is 21.3 Å². The van der Waals surface area contributed by atoms with Crippen molar-refractivity contribution in [3.05, 3.63) is 52.0 Å². The molecule has 4 heterocycles. The molecule has 0 aliphatic carbocycles. The normalized spacial score (nSPS) is 21.8. The minimum Gasteiger partial charge on any atom is -0.373 e. The first kappa shape index (κ1) is 17.6. The predicted octanol–water partition coefficient (Wildman–Crippen LogP) is 3.39. The van der Waals surface area contributed by atoms with Crippen LogP contribution < -0.4 is 5.32 Å². The van der Waals surface area contributed by atoms with Crippen LogP contribution in [-0.4, -0.2) is 41.5 Å². The summed E-state index contributed by atoms with van der Waals surface area (Å²) in [6.45, 7) is 3.71. The summed E-state index contributed by atoms with van der Waals surface area (Å²) in [5.74, 6) is 0.0578. The zero-order valence-electron chi connectivity index (χ0n) is 14.9.